The van der Waals surface area contributed by atoms with Gasteiger partial charge in [-0.2, -0.15) is 10.2 Å². The summed E-state index contributed by atoms with van der Waals surface area (Å²) in [6.07, 6.45) is 7.15. The summed E-state index contributed by atoms with van der Waals surface area (Å²) in [6.45, 7) is 1.78. The number of nitrogens with one attached hydrogen (secondary N) is 2. The zero-order valence-electron chi connectivity index (χ0n) is 17.5. The first kappa shape index (κ1) is 21.4. The minimum atomic E-state index is -0.318. The molecule has 1 aromatic carbocycles. The Kier molecular flexibility index (Phi) is 6.39. The third-order valence-electron chi connectivity index (χ3n) is 5.32. The summed E-state index contributed by atoms with van der Waals surface area (Å²) in [4.78, 5) is 30.1. The predicted octanol–water partition coefficient (Wildman–Crippen LogP) is 2.74. The van der Waals surface area contributed by atoms with Crippen LogP contribution in [0.5, 0.6) is 5.75 Å². The molecular formula is C22H23FN6O3. The van der Waals surface area contributed by atoms with Gasteiger partial charge < -0.3 is 15.4 Å². The highest BCUT2D eigenvalue weighted by atomic mass is 19.1. The number of amides is 2. The number of aromatic nitrogens is 4. The van der Waals surface area contributed by atoms with Gasteiger partial charge in [-0.15, -0.1) is 4.80 Å². The van der Waals surface area contributed by atoms with Crippen LogP contribution < -0.4 is 15.4 Å². The van der Waals surface area contributed by atoms with E-state index in [4.69, 9.17) is 4.74 Å². The molecule has 1 fully saturated rings. The highest BCUT2D eigenvalue weighted by Gasteiger charge is 2.30. The monoisotopic (exact) mass is 438 g/mol. The van der Waals surface area contributed by atoms with Gasteiger partial charge in [-0.3, -0.25) is 9.59 Å². The smallest absolute Gasteiger partial charge is 0.253 e. The Bertz CT molecular complexity index is 1090. The molecule has 0 aliphatic heterocycles. The number of halogens is 1. The number of nitrogens with zero attached hydrogens (tertiary/aromatic N) is 4. The first-order chi connectivity index (χ1) is 15.5. The normalized spacial score (nSPS) is 17.7. The highest BCUT2D eigenvalue weighted by molar-refractivity contribution is 5.99. The Morgan fingerprint density at radius 3 is 2.66 bits per heavy atom. The molecule has 2 amide bonds. The molecule has 32 heavy (non-hydrogen) atoms. The summed E-state index contributed by atoms with van der Waals surface area (Å²) in [5.74, 6) is 0.0482. The van der Waals surface area contributed by atoms with Crippen molar-refractivity contribution in [1.29, 1.82) is 0 Å². The van der Waals surface area contributed by atoms with Crippen molar-refractivity contribution in [3.8, 4) is 11.4 Å². The third kappa shape index (κ3) is 5.08. The lowest BCUT2D eigenvalue weighted by Gasteiger charge is -2.22. The molecule has 3 aromatic rings. The van der Waals surface area contributed by atoms with Gasteiger partial charge in [0.2, 0.25) is 5.91 Å². The van der Waals surface area contributed by atoms with Gasteiger partial charge in [-0.05, 0) is 43.2 Å². The van der Waals surface area contributed by atoms with Crippen LogP contribution in [0.3, 0.4) is 0 Å². The van der Waals surface area contributed by atoms with E-state index in [0.29, 0.717) is 23.6 Å². The van der Waals surface area contributed by atoms with Crippen LogP contribution in [0.25, 0.3) is 5.69 Å². The number of carbonyl (C=O) groups is 2. The summed E-state index contributed by atoms with van der Waals surface area (Å²) in [6, 6.07) is 7.30. The molecule has 2 atom stereocenters. The molecule has 166 valence electrons. The van der Waals surface area contributed by atoms with Crippen LogP contribution in [0.2, 0.25) is 0 Å². The Labute approximate surface area is 184 Å². The van der Waals surface area contributed by atoms with Gasteiger partial charge in [-0.25, -0.2) is 9.37 Å². The lowest BCUT2D eigenvalue weighted by atomic mass is 10.0. The first-order valence-corrected chi connectivity index (χ1v) is 10.3. The van der Waals surface area contributed by atoms with Crippen LogP contribution in [-0.4, -0.2) is 44.4 Å². The molecule has 0 bridgehead atoms. The first-order valence-electron chi connectivity index (χ1n) is 10.3. The van der Waals surface area contributed by atoms with Crippen molar-refractivity contribution in [3.63, 3.8) is 0 Å². The van der Waals surface area contributed by atoms with Gasteiger partial charge in [0.25, 0.3) is 5.91 Å². The van der Waals surface area contributed by atoms with Crippen LogP contribution in [0.15, 0.2) is 48.9 Å². The number of hydrogen-bond acceptors (Lipinski definition) is 6. The van der Waals surface area contributed by atoms with E-state index in [1.807, 2.05) is 0 Å². The van der Waals surface area contributed by atoms with Crippen molar-refractivity contribution in [2.24, 2.45) is 5.92 Å². The fourth-order valence-electron chi connectivity index (χ4n) is 3.78. The molecule has 2 N–H and O–H groups in total. The molecule has 0 spiro atoms. The molecule has 4 rings (SSSR count). The summed E-state index contributed by atoms with van der Waals surface area (Å²) in [5, 5.41) is 13.9. The Morgan fingerprint density at radius 1 is 1.19 bits per heavy atom. The zero-order chi connectivity index (χ0) is 22.5. The van der Waals surface area contributed by atoms with E-state index in [9.17, 15) is 14.0 Å². The van der Waals surface area contributed by atoms with Crippen molar-refractivity contribution in [2.75, 3.05) is 11.9 Å². The molecule has 9 nitrogen and oxygen atoms in total. The van der Waals surface area contributed by atoms with E-state index in [-0.39, 0.29) is 35.4 Å². The standard InChI is InChI=1S/C22H23FN6O3/c1-14(30)27-21-11-18(20(12-24-21)29-25-9-10-26-29)22(31)28-19-4-2-3-15(19)13-32-17-7-5-16(23)6-8-17/h5-12,15,19H,2-4,13H2,1H3,(H,28,31)(H,24,27,30)/t15-,19+/m1/s1. The fraction of sp³-hybridized carbons (Fsp3) is 0.318. The molecule has 10 heteroatoms. The van der Waals surface area contributed by atoms with E-state index in [1.54, 1.807) is 12.1 Å². The van der Waals surface area contributed by atoms with Crippen LogP contribution >= 0.6 is 0 Å². The van der Waals surface area contributed by atoms with E-state index in [1.165, 1.54) is 48.5 Å². The number of pyridine rings is 1. The molecule has 2 heterocycles. The van der Waals surface area contributed by atoms with Gasteiger partial charge in [0.1, 0.15) is 23.1 Å². The second-order valence-electron chi connectivity index (χ2n) is 7.62. The van der Waals surface area contributed by atoms with Gasteiger partial charge in [0.05, 0.1) is 30.8 Å². The maximum atomic E-state index is 13.2. The minimum Gasteiger partial charge on any atom is -0.493 e. The number of ether oxygens (including phenoxy) is 1. The van der Waals surface area contributed by atoms with Gasteiger partial charge in [0.15, 0.2) is 0 Å². The molecule has 0 saturated heterocycles. The van der Waals surface area contributed by atoms with E-state index >= 15 is 0 Å². The maximum Gasteiger partial charge on any atom is 0.253 e. The van der Waals surface area contributed by atoms with E-state index in [2.05, 4.69) is 25.8 Å². The Hall–Kier alpha value is -3.82. The fourth-order valence-corrected chi connectivity index (χ4v) is 3.78. The minimum absolute atomic E-state index is 0.0845. The van der Waals surface area contributed by atoms with Crippen LogP contribution in [0, 0.1) is 11.7 Å². The van der Waals surface area contributed by atoms with Crippen LogP contribution in [-0.2, 0) is 4.79 Å². The summed E-state index contributed by atoms with van der Waals surface area (Å²) in [7, 11) is 0. The lowest BCUT2D eigenvalue weighted by Crippen LogP contribution is -2.39. The quantitative estimate of drug-likeness (QED) is 0.587. The Morgan fingerprint density at radius 2 is 1.94 bits per heavy atom. The predicted molar refractivity (Wildman–Crippen MR) is 114 cm³/mol. The highest BCUT2D eigenvalue weighted by Crippen LogP contribution is 2.27. The maximum absolute atomic E-state index is 13.2. The van der Waals surface area contributed by atoms with E-state index < -0.39 is 0 Å². The molecule has 1 aliphatic carbocycles. The molecule has 2 aromatic heterocycles. The van der Waals surface area contributed by atoms with Crippen molar-refractivity contribution in [2.45, 2.75) is 32.2 Å². The lowest BCUT2D eigenvalue weighted by molar-refractivity contribution is -0.114. The largest absolute Gasteiger partial charge is 0.493 e. The van der Waals surface area contributed by atoms with Crippen molar-refractivity contribution < 1.29 is 18.7 Å². The number of rotatable bonds is 7. The Balaban J connectivity index is 1.49. The van der Waals surface area contributed by atoms with Crippen molar-refractivity contribution in [3.05, 3.63) is 60.3 Å². The average Bonchev–Trinajstić information content (AvgIpc) is 3.45. The van der Waals surface area contributed by atoms with Crippen LogP contribution in [0.4, 0.5) is 10.2 Å². The second kappa shape index (κ2) is 9.54. The summed E-state index contributed by atoms with van der Waals surface area (Å²) < 4.78 is 18.9. The third-order valence-corrected chi connectivity index (χ3v) is 5.32. The molecule has 0 radical (unpaired) electrons. The summed E-state index contributed by atoms with van der Waals surface area (Å²) in [5.41, 5.74) is 0.698. The summed E-state index contributed by atoms with van der Waals surface area (Å²) >= 11 is 0. The molecule has 1 saturated carbocycles. The number of carbonyl (C=O) groups excluding carboxylic acids is 2. The molecule has 0 unspecified atom stereocenters. The number of anilines is 1. The van der Waals surface area contributed by atoms with E-state index in [0.717, 1.165) is 19.3 Å². The van der Waals surface area contributed by atoms with Crippen molar-refractivity contribution >= 4 is 17.6 Å². The topological polar surface area (TPSA) is 111 Å². The van der Waals surface area contributed by atoms with Gasteiger partial charge in [-0.1, -0.05) is 6.42 Å². The molecular weight excluding hydrogens is 415 g/mol. The molecule has 1 aliphatic rings. The number of benzene rings is 1. The van der Waals surface area contributed by atoms with Gasteiger partial charge >= 0.3 is 0 Å². The zero-order valence-corrected chi connectivity index (χ0v) is 17.5. The van der Waals surface area contributed by atoms with Crippen LogP contribution in [0.1, 0.15) is 36.5 Å². The average molecular weight is 438 g/mol. The SMILES string of the molecule is CC(=O)Nc1cc(C(=O)N[C@H]2CCC[C@@H]2COc2ccc(F)cc2)c(-n2nccn2)cn1. The number of hydrogen-bond donors (Lipinski definition) is 2. The van der Waals surface area contributed by atoms with Crippen molar-refractivity contribution in [1.82, 2.24) is 25.3 Å². The second-order valence-corrected chi connectivity index (χ2v) is 7.62. The van der Waals surface area contributed by atoms with Gasteiger partial charge in [0, 0.05) is 18.9 Å².